The molecule has 3 N–H and O–H groups in total. The molecular formula is C11H14N4O. The first-order chi connectivity index (χ1) is 7.61. The zero-order chi connectivity index (χ0) is 11.7. The van der Waals surface area contributed by atoms with Gasteiger partial charge in [-0.3, -0.25) is 4.79 Å². The lowest BCUT2D eigenvalue weighted by Gasteiger charge is -2.04. The van der Waals surface area contributed by atoms with Gasteiger partial charge in [-0.05, 0) is 24.6 Å². The number of carbonyl (C=O) groups is 1. The molecule has 0 saturated heterocycles. The Balaban J connectivity index is 2.52. The lowest BCUT2D eigenvalue weighted by Crippen LogP contribution is -2.24. The Morgan fingerprint density at radius 1 is 1.56 bits per heavy atom. The fourth-order valence-corrected chi connectivity index (χ4v) is 1.65. The number of hydrogen-bond acceptors (Lipinski definition) is 3. The van der Waals surface area contributed by atoms with Crippen molar-refractivity contribution in [1.82, 2.24) is 14.9 Å². The zero-order valence-corrected chi connectivity index (χ0v) is 9.32. The van der Waals surface area contributed by atoms with E-state index in [2.05, 4.69) is 10.3 Å². The third-order valence-electron chi connectivity index (χ3n) is 2.51. The van der Waals surface area contributed by atoms with Crippen LogP contribution >= 0.6 is 0 Å². The van der Waals surface area contributed by atoms with Crippen molar-refractivity contribution >= 4 is 22.9 Å². The number of rotatable bonds is 2. The normalized spacial score (nSPS) is 10.6. The number of nitrogens with one attached hydrogen (secondary N) is 1. The lowest BCUT2D eigenvalue weighted by molar-refractivity contribution is -0.121. The van der Waals surface area contributed by atoms with Crippen molar-refractivity contribution in [3.63, 3.8) is 0 Å². The fraction of sp³-hybridized carbons (Fsp3) is 0.273. The molecule has 0 bridgehead atoms. The number of aromatic nitrogens is 2. The second-order valence-electron chi connectivity index (χ2n) is 3.72. The molecule has 1 aromatic carbocycles. The number of nitrogens with zero attached hydrogens (tertiary/aromatic N) is 2. The summed E-state index contributed by atoms with van der Waals surface area (Å²) >= 11 is 0. The molecule has 1 aromatic heterocycles. The topological polar surface area (TPSA) is 72.9 Å². The Morgan fingerprint density at radius 2 is 2.31 bits per heavy atom. The molecule has 0 aliphatic rings. The van der Waals surface area contributed by atoms with Gasteiger partial charge in [0.1, 0.15) is 6.54 Å². The molecule has 0 aliphatic heterocycles. The second-order valence-corrected chi connectivity index (χ2v) is 3.72. The molecular weight excluding hydrogens is 204 g/mol. The van der Waals surface area contributed by atoms with E-state index in [9.17, 15) is 4.79 Å². The Bertz CT molecular complexity index is 544. The van der Waals surface area contributed by atoms with Gasteiger partial charge in [0.05, 0.1) is 11.0 Å². The second kappa shape index (κ2) is 3.84. The van der Waals surface area contributed by atoms with E-state index < -0.39 is 0 Å². The third-order valence-corrected chi connectivity index (χ3v) is 2.51. The molecule has 16 heavy (non-hydrogen) atoms. The van der Waals surface area contributed by atoms with Gasteiger partial charge in [0, 0.05) is 7.05 Å². The van der Waals surface area contributed by atoms with E-state index in [1.54, 1.807) is 11.6 Å². The van der Waals surface area contributed by atoms with Crippen LogP contribution in [-0.2, 0) is 11.3 Å². The summed E-state index contributed by atoms with van der Waals surface area (Å²) < 4.78 is 1.70. The molecule has 2 rings (SSSR count). The van der Waals surface area contributed by atoms with E-state index in [0.717, 1.165) is 16.6 Å². The minimum absolute atomic E-state index is 0.0911. The van der Waals surface area contributed by atoms with Crippen LogP contribution in [0.15, 0.2) is 18.2 Å². The van der Waals surface area contributed by atoms with Crippen LogP contribution < -0.4 is 11.1 Å². The molecule has 1 amide bonds. The van der Waals surface area contributed by atoms with Gasteiger partial charge in [0.2, 0.25) is 11.9 Å². The predicted molar refractivity (Wildman–Crippen MR) is 62.9 cm³/mol. The smallest absolute Gasteiger partial charge is 0.239 e. The SMILES string of the molecule is CNC(=O)Cn1c(N)nc2cc(C)ccc21. The highest BCUT2D eigenvalue weighted by atomic mass is 16.1. The number of carbonyl (C=O) groups excluding carboxylic acids is 1. The quantitative estimate of drug-likeness (QED) is 0.778. The summed E-state index contributed by atoms with van der Waals surface area (Å²) in [6.45, 7) is 2.19. The first kappa shape index (κ1) is 10.5. The molecule has 0 atom stereocenters. The van der Waals surface area contributed by atoms with Gasteiger partial charge >= 0.3 is 0 Å². The lowest BCUT2D eigenvalue weighted by atomic mass is 10.2. The van der Waals surface area contributed by atoms with Crippen molar-refractivity contribution in [2.45, 2.75) is 13.5 Å². The van der Waals surface area contributed by atoms with Crippen LogP contribution in [0.25, 0.3) is 11.0 Å². The molecule has 0 fully saturated rings. The van der Waals surface area contributed by atoms with Crippen LogP contribution in [0.4, 0.5) is 5.95 Å². The first-order valence-corrected chi connectivity index (χ1v) is 5.05. The summed E-state index contributed by atoms with van der Waals surface area (Å²) in [5.74, 6) is 0.274. The highest BCUT2D eigenvalue weighted by molar-refractivity contribution is 5.83. The Morgan fingerprint density at radius 3 is 3.00 bits per heavy atom. The minimum Gasteiger partial charge on any atom is -0.369 e. The maximum absolute atomic E-state index is 11.3. The molecule has 0 saturated carbocycles. The largest absolute Gasteiger partial charge is 0.369 e. The summed E-state index contributed by atoms with van der Waals surface area (Å²) in [6, 6.07) is 5.85. The summed E-state index contributed by atoms with van der Waals surface area (Å²) in [7, 11) is 1.60. The van der Waals surface area contributed by atoms with Crippen LogP contribution in [0.2, 0.25) is 0 Å². The van der Waals surface area contributed by atoms with Gasteiger partial charge in [0.25, 0.3) is 0 Å². The summed E-state index contributed by atoms with van der Waals surface area (Å²) in [4.78, 5) is 15.5. The van der Waals surface area contributed by atoms with Gasteiger partial charge < -0.3 is 15.6 Å². The molecule has 1 heterocycles. The van der Waals surface area contributed by atoms with Crippen molar-refractivity contribution in [3.05, 3.63) is 23.8 Å². The number of amides is 1. The van der Waals surface area contributed by atoms with E-state index in [0.29, 0.717) is 5.95 Å². The molecule has 5 nitrogen and oxygen atoms in total. The number of imidazole rings is 1. The average molecular weight is 218 g/mol. The Labute approximate surface area is 93.3 Å². The molecule has 84 valence electrons. The third kappa shape index (κ3) is 1.71. The molecule has 0 radical (unpaired) electrons. The molecule has 0 unspecified atom stereocenters. The van der Waals surface area contributed by atoms with Gasteiger partial charge in [-0.1, -0.05) is 6.07 Å². The summed E-state index contributed by atoms with van der Waals surface area (Å²) in [6.07, 6.45) is 0. The van der Waals surface area contributed by atoms with Gasteiger partial charge in [-0.15, -0.1) is 0 Å². The maximum Gasteiger partial charge on any atom is 0.239 e. The van der Waals surface area contributed by atoms with Crippen LogP contribution in [0.5, 0.6) is 0 Å². The van der Waals surface area contributed by atoms with Crippen LogP contribution in [0.1, 0.15) is 5.56 Å². The molecule has 0 spiro atoms. The summed E-state index contributed by atoms with van der Waals surface area (Å²) in [5, 5.41) is 2.56. The van der Waals surface area contributed by atoms with Crippen molar-refractivity contribution in [2.24, 2.45) is 0 Å². The van der Waals surface area contributed by atoms with Crippen molar-refractivity contribution in [1.29, 1.82) is 0 Å². The first-order valence-electron chi connectivity index (χ1n) is 5.05. The van der Waals surface area contributed by atoms with Gasteiger partial charge in [-0.2, -0.15) is 0 Å². The number of hydrogen-bond donors (Lipinski definition) is 2. The zero-order valence-electron chi connectivity index (χ0n) is 9.32. The van der Waals surface area contributed by atoms with E-state index in [-0.39, 0.29) is 12.5 Å². The number of likely N-dealkylation sites (N-methyl/N-ethyl adjacent to an activating group) is 1. The van der Waals surface area contributed by atoms with Crippen molar-refractivity contribution < 1.29 is 4.79 Å². The molecule has 0 aliphatic carbocycles. The Kier molecular flexibility index (Phi) is 2.52. The number of anilines is 1. The van der Waals surface area contributed by atoms with Crippen molar-refractivity contribution in [3.8, 4) is 0 Å². The minimum atomic E-state index is -0.0911. The highest BCUT2D eigenvalue weighted by Gasteiger charge is 2.10. The standard InChI is InChI=1S/C11H14N4O/c1-7-3-4-9-8(5-7)14-11(12)15(9)6-10(16)13-2/h3-5H,6H2,1-2H3,(H2,12,14)(H,13,16). The fourth-order valence-electron chi connectivity index (χ4n) is 1.65. The van der Waals surface area contributed by atoms with E-state index in [1.807, 2.05) is 25.1 Å². The molecule has 5 heteroatoms. The number of fused-ring (bicyclic) bond motifs is 1. The van der Waals surface area contributed by atoms with E-state index in [1.165, 1.54) is 0 Å². The Hall–Kier alpha value is -2.04. The van der Waals surface area contributed by atoms with Crippen LogP contribution in [0, 0.1) is 6.92 Å². The van der Waals surface area contributed by atoms with Crippen molar-refractivity contribution in [2.75, 3.05) is 12.8 Å². The predicted octanol–water partition coefficient (Wildman–Crippen LogP) is 0.673. The van der Waals surface area contributed by atoms with Crippen LogP contribution in [0.3, 0.4) is 0 Å². The van der Waals surface area contributed by atoms with Crippen LogP contribution in [-0.4, -0.2) is 22.5 Å². The highest BCUT2D eigenvalue weighted by Crippen LogP contribution is 2.18. The van der Waals surface area contributed by atoms with Gasteiger partial charge in [0.15, 0.2) is 0 Å². The van der Waals surface area contributed by atoms with Gasteiger partial charge in [-0.25, -0.2) is 4.98 Å². The maximum atomic E-state index is 11.3. The average Bonchev–Trinajstić information content (AvgIpc) is 2.54. The number of nitrogen functional groups attached to an aromatic ring is 1. The van der Waals surface area contributed by atoms with E-state index in [4.69, 9.17) is 5.73 Å². The number of benzene rings is 1. The number of nitrogens with two attached hydrogens (primary N) is 1. The van der Waals surface area contributed by atoms with E-state index >= 15 is 0 Å². The monoisotopic (exact) mass is 218 g/mol. The summed E-state index contributed by atoms with van der Waals surface area (Å²) in [5.41, 5.74) is 8.60. The molecule has 2 aromatic rings. The number of aryl methyl sites for hydroxylation is 1.